The van der Waals surface area contributed by atoms with E-state index in [0.717, 1.165) is 30.0 Å². The maximum atomic E-state index is 10.6. The molecule has 0 saturated carbocycles. The normalized spacial score (nSPS) is 12.6. The van der Waals surface area contributed by atoms with Crippen LogP contribution in [0, 0.1) is 0 Å². The highest BCUT2D eigenvalue weighted by molar-refractivity contribution is 7.99. The molecule has 17 heavy (non-hydrogen) atoms. The molecular formula is C12H20N2O2S. The Morgan fingerprint density at radius 2 is 2.29 bits per heavy atom. The van der Waals surface area contributed by atoms with E-state index >= 15 is 0 Å². The molecule has 1 aromatic rings. The van der Waals surface area contributed by atoms with Crippen molar-refractivity contribution in [3.8, 4) is 0 Å². The first-order chi connectivity index (χ1) is 8.08. The Labute approximate surface area is 106 Å². The third kappa shape index (κ3) is 4.07. The number of carbonyl (C=O) groups is 1. The van der Waals surface area contributed by atoms with E-state index in [1.807, 2.05) is 10.7 Å². The van der Waals surface area contributed by atoms with E-state index in [0.29, 0.717) is 6.04 Å². The molecule has 1 rings (SSSR count). The molecule has 96 valence electrons. The first-order valence-corrected chi connectivity index (χ1v) is 7.00. The van der Waals surface area contributed by atoms with Gasteiger partial charge in [-0.2, -0.15) is 5.10 Å². The summed E-state index contributed by atoms with van der Waals surface area (Å²) < 4.78 is 1.96. The lowest BCUT2D eigenvalue weighted by atomic mass is 10.3. The van der Waals surface area contributed by atoms with Crippen LogP contribution < -0.4 is 0 Å². The van der Waals surface area contributed by atoms with Gasteiger partial charge in [-0.05, 0) is 25.8 Å². The number of rotatable bonds is 7. The van der Waals surface area contributed by atoms with Gasteiger partial charge in [0.1, 0.15) is 0 Å². The summed E-state index contributed by atoms with van der Waals surface area (Å²) in [6.45, 7) is 6.33. The van der Waals surface area contributed by atoms with Crippen molar-refractivity contribution in [1.29, 1.82) is 0 Å². The topological polar surface area (TPSA) is 55.1 Å². The van der Waals surface area contributed by atoms with Crippen LogP contribution in [0.4, 0.5) is 0 Å². The van der Waals surface area contributed by atoms with Gasteiger partial charge in [0.05, 0.1) is 22.5 Å². The highest BCUT2D eigenvalue weighted by Crippen LogP contribution is 2.24. The number of aromatic nitrogens is 2. The number of nitrogens with zero attached hydrogens (tertiary/aromatic N) is 2. The van der Waals surface area contributed by atoms with Gasteiger partial charge in [-0.3, -0.25) is 9.48 Å². The standard InChI is InChI=1S/C12H20N2O2S/c1-4-6-10-7-11(17-8-12(15)16)14(13-10)9(3)5-2/h7,9H,4-6,8H2,1-3H3,(H,15,16). The van der Waals surface area contributed by atoms with Crippen LogP contribution in [-0.2, 0) is 11.2 Å². The first-order valence-electron chi connectivity index (χ1n) is 6.01. The van der Waals surface area contributed by atoms with Gasteiger partial charge in [0, 0.05) is 0 Å². The Bertz CT molecular complexity index is 377. The average Bonchev–Trinajstić information content (AvgIpc) is 2.69. The Kier molecular flexibility index (Phi) is 5.55. The number of hydrogen-bond donors (Lipinski definition) is 1. The van der Waals surface area contributed by atoms with E-state index in [4.69, 9.17) is 5.11 Å². The maximum absolute atomic E-state index is 10.6. The van der Waals surface area contributed by atoms with Crippen molar-refractivity contribution < 1.29 is 9.90 Å². The number of carboxylic acid groups (broad SMARTS) is 1. The monoisotopic (exact) mass is 256 g/mol. The lowest BCUT2D eigenvalue weighted by Crippen LogP contribution is -2.08. The van der Waals surface area contributed by atoms with Gasteiger partial charge in [0.2, 0.25) is 0 Å². The minimum absolute atomic E-state index is 0.0910. The maximum Gasteiger partial charge on any atom is 0.313 e. The summed E-state index contributed by atoms with van der Waals surface area (Å²) in [6, 6.07) is 2.33. The summed E-state index contributed by atoms with van der Waals surface area (Å²) in [7, 11) is 0. The molecule has 1 atom stereocenters. The predicted octanol–water partition coefficient (Wildman–Crippen LogP) is 2.98. The van der Waals surface area contributed by atoms with Crippen molar-refractivity contribution in [1.82, 2.24) is 9.78 Å². The Balaban J connectivity index is 2.86. The van der Waals surface area contributed by atoms with Crippen LogP contribution in [0.2, 0.25) is 0 Å². The van der Waals surface area contributed by atoms with Crippen LogP contribution in [0.15, 0.2) is 11.1 Å². The molecule has 1 heterocycles. The van der Waals surface area contributed by atoms with E-state index in [-0.39, 0.29) is 5.75 Å². The highest BCUT2D eigenvalue weighted by Gasteiger charge is 2.13. The summed E-state index contributed by atoms with van der Waals surface area (Å²) in [5.74, 6) is -0.697. The van der Waals surface area contributed by atoms with Crippen LogP contribution in [0.1, 0.15) is 45.3 Å². The Hall–Kier alpha value is -0.970. The predicted molar refractivity (Wildman–Crippen MR) is 69.6 cm³/mol. The van der Waals surface area contributed by atoms with Crippen molar-refractivity contribution in [3.05, 3.63) is 11.8 Å². The summed E-state index contributed by atoms with van der Waals surface area (Å²) in [5, 5.41) is 14.2. The van der Waals surface area contributed by atoms with E-state index in [1.165, 1.54) is 11.8 Å². The molecule has 5 heteroatoms. The van der Waals surface area contributed by atoms with Crippen LogP contribution in [0.3, 0.4) is 0 Å². The second-order valence-electron chi connectivity index (χ2n) is 4.11. The van der Waals surface area contributed by atoms with E-state index in [1.54, 1.807) is 0 Å². The van der Waals surface area contributed by atoms with Gasteiger partial charge < -0.3 is 5.11 Å². The molecule has 0 spiro atoms. The van der Waals surface area contributed by atoms with E-state index in [2.05, 4.69) is 25.9 Å². The molecule has 0 aliphatic rings. The zero-order chi connectivity index (χ0) is 12.8. The molecule has 4 nitrogen and oxygen atoms in total. The minimum atomic E-state index is -0.788. The van der Waals surface area contributed by atoms with Crippen LogP contribution >= 0.6 is 11.8 Å². The summed E-state index contributed by atoms with van der Waals surface area (Å²) in [6.07, 6.45) is 3.00. The zero-order valence-corrected chi connectivity index (χ0v) is 11.5. The van der Waals surface area contributed by atoms with Gasteiger partial charge in [0.15, 0.2) is 0 Å². The van der Waals surface area contributed by atoms with Crippen molar-refractivity contribution in [2.75, 3.05) is 5.75 Å². The van der Waals surface area contributed by atoms with Crippen LogP contribution in [0.25, 0.3) is 0 Å². The summed E-state index contributed by atoms with van der Waals surface area (Å²) in [5.41, 5.74) is 1.06. The van der Waals surface area contributed by atoms with E-state index < -0.39 is 5.97 Å². The second-order valence-corrected chi connectivity index (χ2v) is 5.10. The number of aryl methyl sites for hydroxylation is 1. The lowest BCUT2D eigenvalue weighted by Gasteiger charge is -2.12. The molecule has 0 aliphatic heterocycles. The molecule has 1 N–H and O–H groups in total. The summed E-state index contributed by atoms with van der Waals surface area (Å²) in [4.78, 5) is 10.6. The number of hydrogen-bond acceptors (Lipinski definition) is 3. The molecule has 0 radical (unpaired) electrons. The SMILES string of the molecule is CCCc1cc(SCC(=O)O)n(C(C)CC)n1. The van der Waals surface area contributed by atoms with Gasteiger partial charge in [0.25, 0.3) is 0 Å². The molecule has 0 saturated heterocycles. The molecule has 1 aromatic heterocycles. The van der Waals surface area contributed by atoms with Crippen LogP contribution in [-0.4, -0.2) is 26.6 Å². The molecule has 0 aromatic carbocycles. The van der Waals surface area contributed by atoms with Gasteiger partial charge in [-0.15, -0.1) is 0 Å². The molecule has 0 aliphatic carbocycles. The highest BCUT2D eigenvalue weighted by atomic mass is 32.2. The number of carboxylic acids is 1. The smallest absolute Gasteiger partial charge is 0.313 e. The van der Waals surface area contributed by atoms with E-state index in [9.17, 15) is 4.79 Å². The minimum Gasteiger partial charge on any atom is -0.481 e. The lowest BCUT2D eigenvalue weighted by molar-refractivity contribution is -0.133. The van der Waals surface area contributed by atoms with Crippen molar-refractivity contribution >= 4 is 17.7 Å². The second kappa shape index (κ2) is 6.69. The number of aliphatic carboxylic acids is 1. The Morgan fingerprint density at radius 1 is 1.59 bits per heavy atom. The molecule has 0 amide bonds. The fourth-order valence-electron chi connectivity index (χ4n) is 1.54. The van der Waals surface area contributed by atoms with Gasteiger partial charge >= 0.3 is 5.97 Å². The van der Waals surface area contributed by atoms with Crippen LogP contribution in [0.5, 0.6) is 0 Å². The molecular weight excluding hydrogens is 236 g/mol. The third-order valence-corrected chi connectivity index (χ3v) is 3.60. The van der Waals surface area contributed by atoms with Gasteiger partial charge in [-0.1, -0.05) is 32.0 Å². The third-order valence-electron chi connectivity index (χ3n) is 2.61. The zero-order valence-electron chi connectivity index (χ0n) is 10.6. The quantitative estimate of drug-likeness (QED) is 0.762. The van der Waals surface area contributed by atoms with Crippen molar-refractivity contribution in [3.63, 3.8) is 0 Å². The van der Waals surface area contributed by atoms with Crippen molar-refractivity contribution in [2.24, 2.45) is 0 Å². The molecule has 1 unspecified atom stereocenters. The largest absolute Gasteiger partial charge is 0.481 e. The fraction of sp³-hybridized carbons (Fsp3) is 0.667. The fourth-order valence-corrected chi connectivity index (χ4v) is 2.38. The van der Waals surface area contributed by atoms with Crippen molar-refractivity contribution in [2.45, 2.75) is 51.1 Å². The molecule has 0 fully saturated rings. The first kappa shape index (κ1) is 14.1. The average molecular weight is 256 g/mol. The summed E-state index contributed by atoms with van der Waals surface area (Å²) >= 11 is 1.35. The van der Waals surface area contributed by atoms with Gasteiger partial charge in [-0.25, -0.2) is 0 Å². The molecule has 0 bridgehead atoms. The number of thioether (sulfide) groups is 1. The Morgan fingerprint density at radius 3 is 2.82 bits per heavy atom.